The monoisotopic (exact) mass is 446 g/mol. The minimum atomic E-state index is -0.251. The summed E-state index contributed by atoms with van der Waals surface area (Å²) in [6, 6.07) is 4.90. The van der Waals surface area contributed by atoms with Crippen LogP contribution in [0.25, 0.3) is 0 Å². The molecular weight excluding hydrogens is 399 g/mol. The SMILES string of the molecule is CCCCCCCc1ccc(OC(=O)CC[C@H]2CC[C@H](CCCCCCC)CC2)cc1F. The number of aryl methyl sites for hydroxylation is 1. The molecule has 1 aromatic carbocycles. The Morgan fingerprint density at radius 3 is 2.06 bits per heavy atom. The number of hydrogen-bond donors (Lipinski definition) is 0. The first-order valence-electron chi connectivity index (χ1n) is 13.6. The summed E-state index contributed by atoms with van der Waals surface area (Å²) in [5.74, 6) is 1.40. The lowest BCUT2D eigenvalue weighted by Gasteiger charge is -2.28. The van der Waals surface area contributed by atoms with Crippen LogP contribution in [0.4, 0.5) is 4.39 Å². The fourth-order valence-corrected chi connectivity index (χ4v) is 5.06. The van der Waals surface area contributed by atoms with Crippen LogP contribution >= 0.6 is 0 Å². The molecule has 182 valence electrons. The first-order valence-corrected chi connectivity index (χ1v) is 13.6. The molecule has 0 aliphatic heterocycles. The maximum atomic E-state index is 14.3. The predicted octanol–water partition coefficient (Wildman–Crippen LogP) is 9.19. The number of benzene rings is 1. The number of hydrogen-bond acceptors (Lipinski definition) is 2. The summed E-state index contributed by atoms with van der Waals surface area (Å²) in [6.45, 7) is 4.46. The van der Waals surface area contributed by atoms with Gasteiger partial charge in [0.1, 0.15) is 11.6 Å². The van der Waals surface area contributed by atoms with Gasteiger partial charge in [-0.3, -0.25) is 4.79 Å². The van der Waals surface area contributed by atoms with Gasteiger partial charge < -0.3 is 4.74 Å². The van der Waals surface area contributed by atoms with E-state index in [9.17, 15) is 9.18 Å². The molecular formula is C29H47FO2. The van der Waals surface area contributed by atoms with Gasteiger partial charge in [-0.15, -0.1) is 0 Å². The largest absolute Gasteiger partial charge is 0.426 e. The van der Waals surface area contributed by atoms with Crippen LogP contribution in [0.3, 0.4) is 0 Å². The summed E-state index contributed by atoms with van der Waals surface area (Å²) in [6.07, 6.45) is 21.3. The van der Waals surface area contributed by atoms with Crippen LogP contribution in [-0.2, 0) is 11.2 Å². The zero-order valence-electron chi connectivity index (χ0n) is 20.8. The van der Waals surface area contributed by atoms with Crippen LogP contribution < -0.4 is 4.74 Å². The third-order valence-corrected chi connectivity index (χ3v) is 7.24. The van der Waals surface area contributed by atoms with E-state index in [4.69, 9.17) is 4.74 Å². The lowest BCUT2D eigenvalue weighted by Crippen LogP contribution is -2.17. The van der Waals surface area contributed by atoms with E-state index in [1.165, 1.54) is 89.5 Å². The molecule has 0 heterocycles. The molecule has 32 heavy (non-hydrogen) atoms. The molecule has 1 fully saturated rings. The molecule has 1 aliphatic rings. The van der Waals surface area contributed by atoms with Gasteiger partial charge in [-0.2, -0.15) is 0 Å². The maximum Gasteiger partial charge on any atom is 0.311 e. The Morgan fingerprint density at radius 1 is 0.844 bits per heavy atom. The molecule has 1 aliphatic carbocycles. The van der Waals surface area contributed by atoms with Crippen molar-refractivity contribution in [3.8, 4) is 5.75 Å². The van der Waals surface area contributed by atoms with Crippen molar-refractivity contribution in [3.63, 3.8) is 0 Å². The normalized spacial score (nSPS) is 18.6. The van der Waals surface area contributed by atoms with Gasteiger partial charge in [-0.25, -0.2) is 4.39 Å². The Labute approximate surface area is 196 Å². The average Bonchev–Trinajstić information content (AvgIpc) is 2.79. The second-order valence-electron chi connectivity index (χ2n) is 10.0. The van der Waals surface area contributed by atoms with Crippen LogP contribution in [0, 0.1) is 17.7 Å². The molecule has 0 aromatic heterocycles. The van der Waals surface area contributed by atoms with Gasteiger partial charge in [0, 0.05) is 12.5 Å². The molecule has 0 bridgehead atoms. The minimum absolute atomic E-state index is 0.227. The van der Waals surface area contributed by atoms with Crippen molar-refractivity contribution in [3.05, 3.63) is 29.6 Å². The zero-order chi connectivity index (χ0) is 23.0. The first kappa shape index (κ1) is 26.9. The van der Waals surface area contributed by atoms with Gasteiger partial charge in [-0.1, -0.05) is 110 Å². The molecule has 2 nitrogen and oxygen atoms in total. The standard InChI is InChI=1S/C29H47FO2/c1-3-5-7-9-11-13-24-15-17-25(18-16-24)19-22-29(31)32-27-21-20-26(28(30)23-27)14-12-10-8-6-4-2/h20-21,23-25H,3-19,22H2,1-2H3/t24-,25-. The van der Waals surface area contributed by atoms with Crippen molar-refractivity contribution >= 4 is 5.97 Å². The van der Waals surface area contributed by atoms with Crippen molar-refractivity contribution in [2.45, 2.75) is 129 Å². The van der Waals surface area contributed by atoms with Gasteiger partial charge in [0.05, 0.1) is 0 Å². The van der Waals surface area contributed by atoms with Crippen LogP contribution in [0.15, 0.2) is 18.2 Å². The molecule has 0 amide bonds. The number of carbonyl (C=O) groups excluding carboxylic acids is 1. The lowest BCUT2D eigenvalue weighted by atomic mass is 9.78. The summed E-state index contributed by atoms with van der Waals surface area (Å²) in [5.41, 5.74) is 0.725. The van der Waals surface area contributed by atoms with E-state index in [1.807, 2.05) is 0 Å². The molecule has 0 atom stereocenters. The molecule has 0 spiro atoms. The number of ether oxygens (including phenoxy) is 1. The molecule has 1 aromatic rings. The summed E-state index contributed by atoms with van der Waals surface area (Å²) >= 11 is 0. The fourth-order valence-electron chi connectivity index (χ4n) is 5.06. The summed E-state index contributed by atoms with van der Waals surface area (Å²) in [4.78, 5) is 12.3. The van der Waals surface area contributed by atoms with Gasteiger partial charge in [-0.05, 0) is 42.7 Å². The fraction of sp³-hybridized carbons (Fsp3) is 0.759. The van der Waals surface area contributed by atoms with E-state index < -0.39 is 0 Å². The van der Waals surface area contributed by atoms with Crippen molar-refractivity contribution in [1.82, 2.24) is 0 Å². The van der Waals surface area contributed by atoms with E-state index in [0.717, 1.165) is 37.2 Å². The highest BCUT2D eigenvalue weighted by Gasteiger charge is 2.22. The first-order chi connectivity index (χ1) is 15.6. The Hall–Kier alpha value is -1.38. The van der Waals surface area contributed by atoms with E-state index in [2.05, 4.69) is 13.8 Å². The van der Waals surface area contributed by atoms with Crippen LogP contribution in [0.1, 0.15) is 129 Å². The molecule has 1 saturated carbocycles. The molecule has 0 N–H and O–H groups in total. The van der Waals surface area contributed by atoms with Gasteiger partial charge >= 0.3 is 5.97 Å². The Bertz CT molecular complexity index is 634. The smallest absolute Gasteiger partial charge is 0.311 e. The number of rotatable bonds is 16. The summed E-state index contributed by atoms with van der Waals surface area (Å²) in [5, 5.41) is 0. The van der Waals surface area contributed by atoms with Crippen molar-refractivity contribution in [2.24, 2.45) is 11.8 Å². The number of carbonyl (C=O) groups is 1. The molecule has 2 rings (SSSR count). The highest BCUT2D eigenvalue weighted by Crippen LogP contribution is 2.34. The van der Waals surface area contributed by atoms with Gasteiger partial charge in [0.2, 0.25) is 0 Å². The zero-order valence-corrected chi connectivity index (χ0v) is 20.8. The molecule has 0 unspecified atom stereocenters. The quantitative estimate of drug-likeness (QED) is 0.144. The Balaban J connectivity index is 1.60. The summed E-state index contributed by atoms with van der Waals surface area (Å²) in [7, 11) is 0. The third-order valence-electron chi connectivity index (χ3n) is 7.24. The van der Waals surface area contributed by atoms with Crippen LogP contribution in [-0.4, -0.2) is 5.97 Å². The van der Waals surface area contributed by atoms with E-state index in [-0.39, 0.29) is 11.8 Å². The van der Waals surface area contributed by atoms with E-state index >= 15 is 0 Å². The van der Waals surface area contributed by atoms with Crippen molar-refractivity contribution in [2.75, 3.05) is 0 Å². The van der Waals surface area contributed by atoms with Crippen molar-refractivity contribution in [1.29, 1.82) is 0 Å². The Kier molecular flexibility index (Phi) is 13.7. The predicted molar refractivity (Wildman–Crippen MR) is 133 cm³/mol. The lowest BCUT2D eigenvalue weighted by molar-refractivity contribution is -0.134. The highest BCUT2D eigenvalue weighted by atomic mass is 19.1. The third kappa shape index (κ3) is 11.0. The number of esters is 1. The highest BCUT2D eigenvalue weighted by molar-refractivity contribution is 5.72. The summed E-state index contributed by atoms with van der Waals surface area (Å²) < 4.78 is 19.8. The number of halogens is 1. The molecule has 3 heteroatoms. The maximum absolute atomic E-state index is 14.3. The molecule has 0 radical (unpaired) electrons. The van der Waals surface area contributed by atoms with Crippen LogP contribution in [0.2, 0.25) is 0 Å². The second kappa shape index (κ2) is 16.3. The van der Waals surface area contributed by atoms with E-state index in [1.54, 1.807) is 12.1 Å². The molecule has 0 saturated heterocycles. The number of unbranched alkanes of at least 4 members (excludes halogenated alkanes) is 8. The topological polar surface area (TPSA) is 26.3 Å². The van der Waals surface area contributed by atoms with Crippen LogP contribution in [0.5, 0.6) is 5.75 Å². The average molecular weight is 447 g/mol. The second-order valence-corrected chi connectivity index (χ2v) is 10.0. The Morgan fingerprint density at radius 2 is 1.44 bits per heavy atom. The van der Waals surface area contributed by atoms with E-state index in [0.29, 0.717) is 18.1 Å². The van der Waals surface area contributed by atoms with Gasteiger partial charge in [0.15, 0.2) is 0 Å². The minimum Gasteiger partial charge on any atom is -0.426 e. The van der Waals surface area contributed by atoms with Gasteiger partial charge in [0.25, 0.3) is 0 Å². The van der Waals surface area contributed by atoms with Crippen molar-refractivity contribution < 1.29 is 13.9 Å².